The van der Waals surface area contributed by atoms with Crippen molar-refractivity contribution in [1.82, 2.24) is 4.90 Å². The lowest BCUT2D eigenvalue weighted by Gasteiger charge is -2.25. The van der Waals surface area contributed by atoms with Gasteiger partial charge in [-0.2, -0.15) is 0 Å². The van der Waals surface area contributed by atoms with Crippen LogP contribution in [0.5, 0.6) is 5.75 Å². The van der Waals surface area contributed by atoms with Crippen LogP contribution < -0.4 is 4.74 Å². The molecule has 1 aliphatic heterocycles. The van der Waals surface area contributed by atoms with E-state index in [2.05, 4.69) is 15.9 Å². The van der Waals surface area contributed by atoms with Crippen molar-refractivity contribution in [3.8, 4) is 5.75 Å². The summed E-state index contributed by atoms with van der Waals surface area (Å²) in [5.74, 6) is -0.931. The third kappa shape index (κ3) is 2.70. The molecule has 1 N–H and O–H groups in total. The molecule has 2 aromatic carbocycles. The summed E-state index contributed by atoms with van der Waals surface area (Å²) >= 11 is 3.34. The molecule has 0 aliphatic carbocycles. The minimum absolute atomic E-state index is 0.260. The zero-order valence-electron chi connectivity index (χ0n) is 12.3. The highest BCUT2D eigenvalue weighted by Crippen LogP contribution is 2.36. The summed E-state index contributed by atoms with van der Waals surface area (Å²) in [7, 11) is 1.48. The van der Waals surface area contributed by atoms with Gasteiger partial charge in [0.1, 0.15) is 5.75 Å². The summed E-state index contributed by atoms with van der Waals surface area (Å²) in [6, 6.07) is 11.2. The van der Waals surface area contributed by atoms with Crippen LogP contribution in [0.1, 0.15) is 27.5 Å². The third-order valence-corrected chi connectivity index (χ3v) is 4.38. The van der Waals surface area contributed by atoms with Crippen LogP contribution in [-0.2, 0) is 11.3 Å². The van der Waals surface area contributed by atoms with Crippen LogP contribution in [0.2, 0.25) is 0 Å². The van der Waals surface area contributed by atoms with E-state index in [1.807, 2.05) is 12.1 Å². The van der Waals surface area contributed by atoms with Crippen molar-refractivity contribution in [1.29, 1.82) is 0 Å². The second-order valence-corrected chi connectivity index (χ2v) is 6.13. The number of fused-ring (bicyclic) bond motifs is 1. The third-order valence-electron chi connectivity index (χ3n) is 3.88. The molecule has 0 saturated carbocycles. The van der Waals surface area contributed by atoms with Crippen LogP contribution in [0.15, 0.2) is 46.9 Å². The zero-order valence-corrected chi connectivity index (χ0v) is 13.9. The Balaban J connectivity index is 2.04. The number of aliphatic carboxylic acids is 1. The van der Waals surface area contributed by atoms with Crippen molar-refractivity contribution in [2.24, 2.45) is 0 Å². The fraction of sp³-hybridized carbons (Fsp3) is 0.176. The van der Waals surface area contributed by atoms with Crippen molar-refractivity contribution in [3.63, 3.8) is 0 Å². The topological polar surface area (TPSA) is 66.8 Å². The fourth-order valence-corrected chi connectivity index (χ4v) is 3.19. The van der Waals surface area contributed by atoms with Crippen LogP contribution in [0.25, 0.3) is 0 Å². The Kier molecular flexibility index (Phi) is 4.09. The predicted octanol–water partition coefficient (Wildman–Crippen LogP) is 3.24. The molecule has 6 heteroatoms. The summed E-state index contributed by atoms with van der Waals surface area (Å²) in [6.07, 6.45) is 0. The van der Waals surface area contributed by atoms with E-state index < -0.39 is 12.0 Å². The normalized spacial score (nSPS) is 14.5. The molecule has 1 atom stereocenters. The van der Waals surface area contributed by atoms with E-state index in [1.54, 1.807) is 30.3 Å². The lowest BCUT2D eigenvalue weighted by Crippen LogP contribution is -2.34. The molecule has 1 aliphatic rings. The maximum absolute atomic E-state index is 12.7. The Morgan fingerprint density at radius 2 is 2.04 bits per heavy atom. The Labute approximate surface area is 141 Å². The number of hydrogen-bond donors (Lipinski definition) is 1. The summed E-state index contributed by atoms with van der Waals surface area (Å²) < 4.78 is 6.05. The Bertz CT molecular complexity index is 790. The van der Waals surface area contributed by atoms with Gasteiger partial charge in [-0.05, 0) is 23.8 Å². The molecule has 2 aromatic rings. The number of carboxylic acid groups (broad SMARTS) is 1. The molecule has 5 nitrogen and oxygen atoms in total. The predicted molar refractivity (Wildman–Crippen MR) is 87.4 cm³/mol. The Morgan fingerprint density at radius 3 is 2.74 bits per heavy atom. The SMILES string of the molecule is COc1ccccc1C(C(=O)O)N1Cc2ccc(Br)cc2C1=O. The van der Waals surface area contributed by atoms with E-state index in [-0.39, 0.29) is 12.5 Å². The number of carbonyl (C=O) groups excluding carboxylic acids is 1. The van der Waals surface area contributed by atoms with Crippen LogP contribution in [0.4, 0.5) is 0 Å². The molecule has 1 heterocycles. The number of carboxylic acids is 1. The van der Waals surface area contributed by atoms with Crippen molar-refractivity contribution in [3.05, 3.63) is 63.6 Å². The van der Waals surface area contributed by atoms with Gasteiger partial charge in [-0.15, -0.1) is 0 Å². The molecule has 0 aromatic heterocycles. The number of rotatable bonds is 4. The van der Waals surface area contributed by atoms with Gasteiger partial charge in [0.2, 0.25) is 0 Å². The van der Waals surface area contributed by atoms with Gasteiger partial charge in [0.25, 0.3) is 5.91 Å². The molecule has 23 heavy (non-hydrogen) atoms. The first-order valence-electron chi connectivity index (χ1n) is 6.98. The second kappa shape index (κ2) is 6.04. The summed E-state index contributed by atoms with van der Waals surface area (Å²) in [6.45, 7) is 0.260. The van der Waals surface area contributed by atoms with Gasteiger partial charge in [-0.1, -0.05) is 40.2 Å². The van der Waals surface area contributed by atoms with Crippen LogP contribution in [0.3, 0.4) is 0 Å². The summed E-state index contributed by atoms with van der Waals surface area (Å²) in [5, 5.41) is 9.70. The average Bonchev–Trinajstić information content (AvgIpc) is 2.84. The molecule has 0 bridgehead atoms. The first-order valence-corrected chi connectivity index (χ1v) is 7.77. The number of para-hydroxylation sites is 1. The van der Waals surface area contributed by atoms with Crippen molar-refractivity contribution in [2.45, 2.75) is 12.6 Å². The van der Waals surface area contributed by atoms with Crippen molar-refractivity contribution in [2.75, 3.05) is 7.11 Å². The lowest BCUT2D eigenvalue weighted by molar-refractivity contribution is -0.142. The maximum Gasteiger partial charge on any atom is 0.331 e. The van der Waals surface area contributed by atoms with E-state index in [0.29, 0.717) is 16.9 Å². The van der Waals surface area contributed by atoms with E-state index in [1.165, 1.54) is 12.0 Å². The van der Waals surface area contributed by atoms with Gasteiger partial charge < -0.3 is 14.7 Å². The Morgan fingerprint density at radius 1 is 1.30 bits per heavy atom. The molecule has 0 spiro atoms. The minimum atomic E-state index is -1.09. The number of methoxy groups -OCH3 is 1. The molecule has 0 radical (unpaired) electrons. The second-order valence-electron chi connectivity index (χ2n) is 5.22. The smallest absolute Gasteiger partial charge is 0.331 e. The number of ether oxygens (including phenoxy) is 1. The number of carbonyl (C=O) groups is 2. The monoisotopic (exact) mass is 375 g/mol. The van der Waals surface area contributed by atoms with Gasteiger partial charge in [-0.25, -0.2) is 4.79 Å². The van der Waals surface area contributed by atoms with Gasteiger partial charge in [0.05, 0.1) is 7.11 Å². The van der Waals surface area contributed by atoms with Crippen LogP contribution in [0, 0.1) is 0 Å². The fourth-order valence-electron chi connectivity index (χ4n) is 2.83. The van der Waals surface area contributed by atoms with Crippen LogP contribution in [-0.4, -0.2) is 29.0 Å². The molecule has 1 amide bonds. The molecule has 3 rings (SSSR count). The van der Waals surface area contributed by atoms with Gasteiger partial charge in [0, 0.05) is 22.1 Å². The van der Waals surface area contributed by atoms with Crippen LogP contribution >= 0.6 is 15.9 Å². The number of nitrogens with zero attached hydrogens (tertiary/aromatic N) is 1. The molecule has 118 valence electrons. The highest BCUT2D eigenvalue weighted by atomic mass is 79.9. The number of amides is 1. The molecular weight excluding hydrogens is 362 g/mol. The minimum Gasteiger partial charge on any atom is -0.496 e. The molecular formula is C17H14BrNO4. The Hall–Kier alpha value is -2.34. The summed E-state index contributed by atoms with van der Waals surface area (Å²) in [4.78, 5) is 25.9. The first kappa shape index (κ1) is 15.6. The first-order chi connectivity index (χ1) is 11.0. The van der Waals surface area contributed by atoms with Gasteiger partial charge in [0.15, 0.2) is 6.04 Å². The highest BCUT2D eigenvalue weighted by molar-refractivity contribution is 9.10. The van der Waals surface area contributed by atoms with Gasteiger partial charge in [-0.3, -0.25) is 4.79 Å². The van der Waals surface area contributed by atoms with Crippen molar-refractivity contribution >= 4 is 27.8 Å². The molecule has 0 saturated heterocycles. The quantitative estimate of drug-likeness (QED) is 0.890. The lowest BCUT2D eigenvalue weighted by atomic mass is 10.0. The maximum atomic E-state index is 12.7. The van der Waals surface area contributed by atoms with E-state index >= 15 is 0 Å². The summed E-state index contributed by atoms with van der Waals surface area (Å²) in [5.41, 5.74) is 1.81. The largest absolute Gasteiger partial charge is 0.496 e. The average molecular weight is 376 g/mol. The van der Waals surface area contributed by atoms with E-state index in [4.69, 9.17) is 4.74 Å². The highest BCUT2D eigenvalue weighted by Gasteiger charge is 2.38. The van der Waals surface area contributed by atoms with E-state index in [0.717, 1.165) is 10.0 Å². The standard InChI is InChI=1S/C17H14BrNO4/c1-23-14-5-3-2-4-12(14)15(17(21)22)19-9-10-6-7-11(18)8-13(10)16(19)20/h2-8,15H,9H2,1H3,(H,21,22). The molecule has 0 fully saturated rings. The molecule has 1 unspecified atom stereocenters. The number of hydrogen-bond acceptors (Lipinski definition) is 3. The number of benzene rings is 2. The zero-order chi connectivity index (χ0) is 16.6. The van der Waals surface area contributed by atoms with Gasteiger partial charge >= 0.3 is 5.97 Å². The number of halogens is 1. The van der Waals surface area contributed by atoms with Crippen molar-refractivity contribution < 1.29 is 19.4 Å². The van der Waals surface area contributed by atoms with E-state index in [9.17, 15) is 14.7 Å².